The van der Waals surface area contributed by atoms with Crippen LogP contribution < -0.4 is 11.1 Å². The van der Waals surface area contributed by atoms with E-state index in [1.54, 1.807) is 0 Å². The smallest absolute Gasteiger partial charge is 0.292 e. The number of amides is 1. The number of rotatable bonds is 6. The molecule has 1 unspecified atom stereocenters. The summed E-state index contributed by atoms with van der Waals surface area (Å²) in [7, 11) is 0. The molecule has 6 nitrogen and oxygen atoms in total. The Bertz CT molecular complexity index is 333. The first-order valence-corrected chi connectivity index (χ1v) is 5.52. The average Bonchev–Trinajstić information content (AvgIpc) is 2.74. The van der Waals surface area contributed by atoms with Crippen LogP contribution in [-0.2, 0) is 6.42 Å². The molecular formula is C10H18N4O2. The summed E-state index contributed by atoms with van der Waals surface area (Å²) in [5, 5.41) is 6.23. The van der Waals surface area contributed by atoms with Crippen molar-refractivity contribution in [2.45, 2.75) is 26.7 Å². The lowest BCUT2D eigenvalue weighted by molar-refractivity contribution is 0.0942. The van der Waals surface area contributed by atoms with Crippen LogP contribution in [0.25, 0.3) is 0 Å². The molecule has 0 bridgehead atoms. The second-order valence-corrected chi connectivity index (χ2v) is 3.59. The summed E-state index contributed by atoms with van der Waals surface area (Å²) in [6.45, 7) is 5.01. The fraction of sp³-hybridized carbons (Fsp3) is 0.700. The lowest BCUT2D eigenvalue weighted by atomic mass is 10.0. The van der Waals surface area contributed by atoms with Gasteiger partial charge in [0.2, 0.25) is 5.89 Å². The van der Waals surface area contributed by atoms with Crippen LogP contribution in [0, 0.1) is 5.92 Å². The molecule has 1 rings (SSSR count). The van der Waals surface area contributed by atoms with Crippen molar-refractivity contribution in [1.29, 1.82) is 0 Å². The van der Waals surface area contributed by atoms with Gasteiger partial charge in [-0.25, -0.2) is 0 Å². The molecule has 1 aromatic rings. The van der Waals surface area contributed by atoms with Gasteiger partial charge >= 0.3 is 0 Å². The number of carbonyl (C=O) groups excluding carboxylic acids is 1. The number of hydrogen-bond donors (Lipinski definition) is 2. The van der Waals surface area contributed by atoms with Crippen molar-refractivity contribution < 1.29 is 9.32 Å². The number of carbonyl (C=O) groups is 1. The molecule has 0 saturated carbocycles. The third-order valence-electron chi connectivity index (χ3n) is 2.38. The third kappa shape index (κ3) is 3.30. The minimum Gasteiger partial charge on any atom is -0.349 e. The molecule has 90 valence electrons. The highest BCUT2D eigenvalue weighted by Gasteiger charge is 2.15. The molecule has 1 amide bonds. The van der Waals surface area contributed by atoms with E-state index in [1.807, 2.05) is 6.92 Å². The highest BCUT2D eigenvalue weighted by molar-refractivity contribution is 5.90. The highest BCUT2D eigenvalue weighted by Crippen LogP contribution is 2.09. The minimum absolute atomic E-state index is 0.0868. The summed E-state index contributed by atoms with van der Waals surface area (Å²) in [4.78, 5) is 15.4. The van der Waals surface area contributed by atoms with E-state index in [2.05, 4.69) is 22.4 Å². The van der Waals surface area contributed by atoms with Gasteiger partial charge in [-0.15, -0.1) is 0 Å². The van der Waals surface area contributed by atoms with Crippen molar-refractivity contribution in [3.63, 3.8) is 0 Å². The summed E-state index contributed by atoms with van der Waals surface area (Å²) in [5.41, 5.74) is 5.58. The maximum Gasteiger partial charge on any atom is 0.292 e. The monoisotopic (exact) mass is 226 g/mol. The first-order chi connectivity index (χ1) is 7.71. The molecular weight excluding hydrogens is 208 g/mol. The number of nitrogens with one attached hydrogen (secondary N) is 1. The van der Waals surface area contributed by atoms with Gasteiger partial charge in [0.15, 0.2) is 0 Å². The fourth-order valence-corrected chi connectivity index (χ4v) is 1.31. The Balaban J connectivity index is 2.60. The molecule has 0 aliphatic rings. The van der Waals surface area contributed by atoms with Crippen LogP contribution in [0.2, 0.25) is 0 Å². The molecule has 0 saturated heterocycles. The topological polar surface area (TPSA) is 94.0 Å². The van der Waals surface area contributed by atoms with E-state index in [-0.39, 0.29) is 11.7 Å². The Morgan fingerprint density at radius 2 is 2.31 bits per heavy atom. The molecule has 1 aromatic heterocycles. The van der Waals surface area contributed by atoms with E-state index in [1.165, 1.54) is 0 Å². The molecule has 1 atom stereocenters. The summed E-state index contributed by atoms with van der Waals surface area (Å²) in [6.07, 6.45) is 1.58. The zero-order valence-electron chi connectivity index (χ0n) is 9.69. The second-order valence-electron chi connectivity index (χ2n) is 3.59. The number of nitrogens with two attached hydrogens (primary N) is 1. The number of aromatic nitrogens is 2. The molecule has 0 spiro atoms. The Hall–Kier alpha value is -1.43. The van der Waals surface area contributed by atoms with Crippen molar-refractivity contribution in [2.24, 2.45) is 11.7 Å². The van der Waals surface area contributed by atoms with Crippen LogP contribution in [0.5, 0.6) is 0 Å². The standard InChI is InChI=1S/C10H18N4O2/c1-3-7(6-11)5-8-13-9(14-16-8)10(15)12-4-2/h7H,3-6,11H2,1-2H3,(H,12,15). The van der Waals surface area contributed by atoms with Crippen LogP contribution in [0.15, 0.2) is 4.52 Å². The first-order valence-electron chi connectivity index (χ1n) is 5.52. The SMILES string of the molecule is CCNC(=O)c1noc(CC(CC)CN)n1. The van der Waals surface area contributed by atoms with Gasteiger partial charge in [-0.05, 0) is 19.4 Å². The average molecular weight is 226 g/mol. The molecule has 0 aromatic carbocycles. The second kappa shape index (κ2) is 6.22. The lowest BCUT2D eigenvalue weighted by Crippen LogP contribution is -2.24. The highest BCUT2D eigenvalue weighted by atomic mass is 16.5. The van der Waals surface area contributed by atoms with E-state index >= 15 is 0 Å². The number of hydrogen-bond acceptors (Lipinski definition) is 5. The van der Waals surface area contributed by atoms with Gasteiger partial charge in [0, 0.05) is 13.0 Å². The Kier molecular flexibility index (Phi) is 4.91. The van der Waals surface area contributed by atoms with Crippen molar-refractivity contribution in [3.05, 3.63) is 11.7 Å². The molecule has 0 radical (unpaired) electrons. The summed E-state index contributed by atoms with van der Waals surface area (Å²) >= 11 is 0. The minimum atomic E-state index is -0.307. The van der Waals surface area contributed by atoms with Gasteiger partial charge in [-0.3, -0.25) is 4.79 Å². The van der Waals surface area contributed by atoms with E-state index in [9.17, 15) is 4.79 Å². The van der Waals surface area contributed by atoms with Gasteiger partial charge in [0.1, 0.15) is 0 Å². The molecule has 0 aliphatic heterocycles. The van der Waals surface area contributed by atoms with Gasteiger partial charge in [0.05, 0.1) is 0 Å². The van der Waals surface area contributed by atoms with E-state index in [0.29, 0.717) is 31.3 Å². The Labute approximate surface area is 94.6 Å². The Morgan fingerprint density at radius 3 is 2.88 bits per heavy atom. The zero-order valence-corrected chi connectivity index (χ0v) is 9.69. The molecule has 1 heterocycles. The van der Waals surface area contributed by atoms with Crippen LogP contribution in [0.3, 0.4) is 0 Å². The normalized spacial score (nSPS) is 12.4. The summed E-state index contributed by atoms with van der Waals surface area (Å²) in [5.74, 6) is 0.572. The molecule has 0 fully saturated rings. The Morgan fingerprint density at radius 1 is 1.56 bits per heavy atom. The van der Waals surface area contributed by atoms with E-state index in [4.69, 9.17) is 10.3 Å². The fourth-order valence-electron chi connectivity index (χ4n) is 1.31. The van der Waals surface area contributed by atoms with E-state index in [0.717, 1.165) is 6.42 Å². The lowest BCUT2D eigenvalue weighted by Gasteiger charge is -2.07. The third-order valence-corrected chi connectivity index (χ3v) is 2.38. The van der Waals surface area contributed by atoms with Crippen LogP contribution in [-0.4, -0.2) is 29.1 Å². The van der Waals surface area contributed by atoms with Crippen molar-refractivity contribution in [1.82, 2.24) is 15.5 Å². The van der Waals surface area contributed by atoms with Crippen molar-refractivity contribution in [2.75, 3.05) is 13.1 Å². The maximum atomic E-state index is 11.4. The van der Waals surface area contributed by atoms with Crippen LogP contribution in [0.4, 0.5) is 0 Å². The van der Waals surface area contributed by atoms with Gasteiger partial charge in [0.25, 0.3) is 11.7 Å². The van der Waals surface area contributed by atoms with Crippen LogP contribution >= 0.6 is 0 Å². The quantitative estimate of drug-likeness (QED) is 0.729. The predicted octanol–water partition coefficient (Wildman–Crippen LogP) is 0.347. The van der Waals surface area contributed by atoms with Crippen molar-refractivity contribution in [3.8, 4) is 0 Å². The van der Waals surface area contributed by atoms with Crippen molar-refractivity contribution >= 4 is 5.91 Å². The first kappa shape index (κ1) is 12.6. The van der Waals surface area contributed by atoms with Gasteiger partial charge in [-0.2, -0.15) is 4.98 Å². The number of nitrogens with zero attached hydrogens (tertiary/aromatic N) is 2. The summed E-state index contributed by atoms with van der Waals surface area (Å²) in [6, 6.07) is 0. The van der Waals surface area contributed by atoms with E-state index < -0.39 is 0 Å². The van der Waals surface area contributed by atoms with Crippen LogP contribution in [0.1, 0.15) is 36.8 Å². The molecule has 6 heteroatoms. The predicted molar refractivity (Wildman–Crippen MR) is 58.8 cm³/mol. The largest absolute Gasteiger partial charge is 0.349 e. The molecule has 3 N–H and O–H groups in total. The maximum absolute atomic E-state index is 11.4. The molecule has 16 heavy (non-hydrogen) atoms. The van der Waals surface area contributed by atoms with Gasteiger partial charge < -0.3 is 15.6 Å². The van der Waals surface area contributed by atoms with Gasteiger partial charge in [-0.1, -0.05) is 18.5 Å². The zero-order chi connectivity index (χ0) is 12.0. The molecule has 0 aliphatic carbocycles. The summed E-state index contributed by atoms with van der Waals surface area (Å²) < 4.78 is 4.99.